The van der Waals surface area contributed by atoms with Crippen LogP contribution >= 0.6 is 0 Å². The van der Waals surface area contributed by atoms with E-state index >= 15 is 0 Å². The lowest BCUT2D eigenvalue weighted by Crippen LogP contribution is -2.00. The molecule has 3 rings (SSSR count). The second-order valence-corrected chi connectivity index (χ2v) is 3.64. The zero-order chi connectivity index (χ0) is 10.3. The van der Waals surface area contributed by atoms with Crippen LogP contribution in [0.5, 0.6) is 0 Å². The lowest BCUT2D eigenvalue weighted by molar-refractivity contribution is 0.747. The van der Waals surface area contributed by atoms with Crippen LogP contribution in [0.25, 0.3) is 11.5 Å². The van der Waals surface area contributed by atoms with Crippen molar-refractivity contribution < 1.29 is 0 Å². The highest BCUT2D eigenvalue weighted by Crippen LogP contribution is 2.25. The average Bonchev–Trinajstić information content (AvgIpc) is 2.80. The molecule has 0 unspecified atom stereocenters. The maximum absolute atomic E-state index is 5.86. The van der Waals surface area contributed by atoms with Gasteiger partial charge in [-0.3, -0.25) is 4.98 Å². The number of aromatic nitrogens is 4. The Labute approximate surface area is 87.0 Å². The molecule has 0 amide bonds. The summed E-state index contributed by atoms with van der Waals surface area (Å²) in [6.45, 7) is 0.966. The average molecular weight is 201 g/mol. The molecular weight excluding hydrogens is 190 g/mol. The van der Waals surface area contributed by atoms with Crippen molar-refractivity contribution in [1.29, 1.82) is 0 Å². The second kappa shape index (κ2) is 3.05. The van der Waals surface area contributed by atoms with Gasteiger partial charge in [-0.2, -0.15) is 0 Å². The van der Waals surface area contributed by atoms with E-state index in [9.17, 15) is 0 Å². The molecule has 0 spiro atoms. The Morgan fingerprint density at radius 3 is 3.13 bits per heavy atom. The normalized spacial score (nSPS) is 14.1. The third kappa shape index (κ3) is 1.20. The molecule has 15 heavy (non-hydrogen) atoms. The van der Waals surface area contributed by atoms with E-state index in [1.54, 1.807) is 6.20 Å². The minimum absolute atomic E-state index is 0.652. The molecule has 0 bridgehead atoms. The molecule has 2 aromatic heterocycles. The van der Waals surface area contributed by atoms with Gasteiger partial charge in [-0.05, 0) is 18.6 Å². The standard InChI is InChI=1S/C10H11N5/c11-7-3-1-5-12-9(7)10-14-13-8-4-2-6-15(8)10/h1,3,5H,2,4,6,11H2. The van der Waals surface area contributed by atoms with E-state index < -0.39 is 0 Å². The highest BCUT2D eigenvalue weighted by molar-refractivity contribution is 5.66. The molecule has 3 heterocycles. The van der Waals surface area contributed by atoms with Crippen LogP contribution in [0, 0.1) is 0 Å². The molecule has 0 atom stereocenters. The topological polar surface area (TPSA) is 69.6 Å². The molecule has 2 N–H and O–H groups in total. The lowest BCUT2D eigenvalue weighted by Gasteiger charge is -2.04. The number of hydrogen-bond donors (Lipinski definition) is 1. The van der Waals surface area contributed by atoms with Crippen LogP contribution < -0.4 is 5.73 Å². The van der Waals surface area contributed by atoms with Gasteiger partial charge >= 0.3 is 0 Å². The summed E-state index contributed by atoms with van der Waals surface area (Å²) in [5.74, 6) is 1.83. The molecule has 0 aromatic carbocycles. The van der Waals surface area contributed by atoms with Crippen molar-refractivity contribution in [2.75, 3.05) is 5.73 Å². The maximum atomic E-state index is 5.86. The molecule has 0 saturated heterocycles. The Morgan fingerprint density at radius 2 is 2.27 bits per heavy atom. The van der Waals surface area contributed by atoms with Gasteiger partial charge in [0.2, 0.25) is 0 Å². The monoisotopic (exact) mass is 201 g/mol. The van der Waals surface area contributed by atoms with E-state index in [-0.39, 0.29) is 0 Å². The molecule has 0 aliphatic carbocycles. The lowest BCUT2D eigenvalue weighted by atomic mass is 10.3. The summed E-state index contributed by atoms with van der Waals surface area (Å²) in [6.07, 6.45) is 3.85. The number of nitrogens with zero attached hydrogens (tertiary/aromatic N) is 4. The van der Waals surface area contributed by atoms with Gasteiger partial charge in [-0.15, -0.1) is 10.2 Å². The highest BCUT2D eigenvalue weighted by atomic mass is 15.3. The zero-order valence-electron chi connectivity index (χ0n) is 8.22. The summed E-state index contributed by atoms with van der Waals surface area (Å²) < 4.78 is 2.10. The van der Waals surface area contributed by atoms with Gasteiger partial charge in [0.1, 0.15) is 11.5 Å². The van der Waals surface area contributed by atoms with Crippen LogP contribution in [0.1, 0.15) is 12.2 Å². The number of hydrogen-bond acceptors (Lipinski definition) is 4. The first-order chi connectivity index (χ1) is 7.36. The predicted molar refractivity (Wildman–Crippen MR) is 56.0 cm³/mol. The van der Waals surface area contributed by atoms with Crippen molar-refractivity contribution >= 4 is 5.69 Å². The number of fused-ring (bicyclic) bond motifs is 1. The predicted octanol–water partition coefficient (Wildman–Crippen LogP) is 0.869. The quantitative estimate of drug-likeness (QED) is 0.743. The van der Waals surface area contributed by atoms with Gasteiger partial charge in [-0.25, -0.2) is 0 Å². The van der Waals surface area contributed by atoms with E-state index in [1.165, 1.54) is 0 Å². The van der Waals surface area contributed by atoms with Crippen molar-refractivity contribution in [2.24, 2.45) is 0 Å². The van der Waals surface area contributed by atoms with Crippen molar-refractivity contribution in [2.45, 2.75) is 19.4 Å². The fourth-order valence-electron chi connectivity index (χ4n) is 1.93. The largest absolute Gasteiger partial charge is 0.397 e. The minimum atomic E-state index is 0.652. The molecule has 0 saturated carbocycles. The zero-order valence-corrected chi connectivity index (χ0v) is 8.22. The van der Waals surface area contributed by atoms with Gasteiger partial charge in [-0.1, -0.05) is 0 Å². The summed E-state index contributed by atoms with van der Waals surface area (Å²) in [4.78, 5) is 4.25. The SMILES string of the molecule is Nc1cccnc1-c1nnc2n1CCC2. The van der Waals surface area contributed by atoms with E-state index in [0.717, 1.165) is 36.7 Å². The van der Waals surface area contributed by atoms with E-state index in [1.807, 2.05) is 12.1 Å². The first kappa shape index (κ1) is 8.40. The molecule has 5 nitrogen and oxygen atoms in total. The maximum Gasteiger partial charge on any atom is 0.184 e. The summed E-state index contributed by atoms with van der Waals surface area (Å²) in [7, 11) is 0. The van der Waals surface area contributed by atoms with Crippen LogP contribution in [-0.2, 0) is 13.0 Å². The summed E-state index contributed by atoms with van der Waals surface area (Å²) in [5.41, 5.74) is 7.25. The Kier molecular flexibility index (Phi) is 1.71. The van der Waals surface area contributed by atoms with Gasteiger partial charge in [0.05, 0.1) is 5.69 Å². The molecular formula is C10H11N5. The number of anilines is 1. The number of nitrogen functional groups attached to an aromatic ring is 1. The summed E-state index contributed by atoms with van der Waals surface area (Å²) >= 11 is 0. The van der Waals surface area contributed by atoms with E-state index in [2.05, 4.69) is 19.7 Å². The minimum Gasteiger partial charge on any atom is -0.397 e. The smallest absolute Gasteiger partial charge is 0.184 e. The number of pyridine rings is 1. The molecule has 1 aliphatic heterocycles. The Bertz CT molecular complexity index is 502. The van der Waals surface area contributed by atoms with Crippen LogP contribution in [0.2, 0.25) is 0 Å². The van der Waals surface area contributed by atoms with Crippen molar-refractivity contribution in [3.8, 4) is 11.5 Å². The Hall–Kier alpha value is -1.91. The first-order valence-electron chi connectivity index (χ1n) is 4.99. The summed E-state index contributed by atoms with van der Waals surface area (Å²) in [5, 5.41) is 8.27. The van der Waals surface area contributed by atoms with E-state index in [4.69, 9.17) is 5.73 Å². The number of rotatable bonds is 1. The first-order valence-corrected chi connectivity index (χ1v) is 4.99. The van der Waals surface area contributed by atoms with Crippen molar-refractivity contribution in [1.82, 2.24) is 19.7 Å². The van der Waals surface area contributed by atoms with Crippen LogP contribution in [0.15, 0.2) is 18.3 Å². The third-order valence-corrected chi connectivity index (χ3v) is 2.66. The number of aryl methyl sites for hydroxylation is 1. The number of nitrogens with two attached hydrogens (primary N) is 1. The molecule has 0 radical (unpaired) electrons. The molecule has 5 heteroatoms. The fraction of sp³-hybridized carbons (Fsp3) is 0.300. The Balaban J connectivity index is 2.17. The van der Waals surface area contributed by atoms with Gasteiger partial charge in [0, 0.05) is 19.2 Å². The second-order valence-electron chi connectivity index (χ2n) is 3.64. The van der Waals surface area contributed by atoms with Crippen LogP contribution in [-0.4, -0.2) is 19.7 Å². The van der Waals surface area contributed by atoms with Crippen LogP contribution in [0.4, 0.5) is 5.69 Å². The molecule has 76 valence electrons. The summed E-state index contributed by atoms with van der Waals surface area (Å²) in [6, 6.07) is 3.65. The molecule has 0 fully saturated rings. The van der Waals surface area contributed by atoms with Crippen molar-refractivity contribution in [3.63, 3.8) is 0 Å². The highest BCUT2D eigenvalue weighted by Gasteiger charge is 2.20. The van der Waals surface area contributed by atoms with E-state index in [0.29, 0.717) is 5.69 Å². The Morgan fingerprint density at radius 1 is 1.33 bits per heavy atom. The van der Waals surface area contributed by atoms with Gasteiger partial charge < -0.3 is 10.3 Å². The fourth-order valence-corrected chi connectivity index (χ4v) is 1.93. The van der Waals surface area contributed by atoms with Gasteiger partial charge in [0.25, 0.3) is 0 Å². The van der Waals surface area contributed by atoms with Crippen molar-refractivity contribution in [3.05, 3.63) is 24.2 Å². The van der Waals surface area contributed by atoms with Gasteiger partial charge in [0.15, 0.2) is 5.82 Å². The van der Waals surface area contributed by atoms with Crippen LogP contribution in [0.3, 0.4) is 0 Å². The third-order valence-electron chi connectivity index (χ3n) is 2.66. The molecule has 1 aliphatic rings. The molecule has 2 aromatic rings.